The number of hydrogen-bond acceptors (Lipinski definition) is 2. The van der Waals surface area contributed by atoms with Gasteiger partial charge in [0.2, 0.25) is 5.91 Å². The number of nitrogens with zero attached hydrogens (tertiary/aromatic N) is 1. The van der Waals surface area contributed by atoms with E-state index in [1.165, 1.54) is 25.7 Å². The Morgan fingerprint density at radius 1 is 1.22 bits per heavy atom. The Balaban J connectivity index is 2.45. The van der Waals surface area contributed by atoms with Crippen LogP contribution in [0.3, 0.4) is 0 Å². The van der Waals surface area contributed by atoms with Gasteiger partial charge in [0.15, 0.2) is 0 Å². The Kier molecular flexibility index (Phi) is 6.13. The molecular formula is C15H30N2O. The van der Waals surface area contributed by atoms with Gasteiger partial charge in [0.1, 0.15) is 0 Å². The van der Waals surface area contributed by atoms with Crippen molar-refractivity contribution in [1.29, 1.82) is 0 Å². The summed E-state index contributed by atoms with van der Waals surface area (Å²) in [7, 11) is 0. The molecule has 106 valence electrons. The van der Waals surface area contributed by atoms with E-state index in [0.717, 1.165) is 19.5 Å². The van der Waals surface area contributed by atoms with Crippen molar-refractivity contribution in [2.75, 3.05) is 19.6 Å². The molecule has 0 aliphatic carbocycles. The monoisotopic (exact) mass is 254 g/mol. The molecule has 1 unspecified atom stereocenters. The van der Waals surface area contributed by atoms with E-state index in [9.17, 15) is 4.79 Å². The van der Waals surface area contributed by atoms with Crippen LogP contribution in [0.2, 0.25) is 0 Å². The molecule has 1 heterocycles. The Bertz CT molecular complexity index is 247. The molecule has 1 amide bonds. The van der Waals surface area contributed by atoms with E-state index in [0.29, 0.717) is 30.2 Å². The van der Waals surface area contributed by atoms with Gasteiger partial charge < -0.3 is 10.6 Å². The molecule has 18 heavy (non-hydrogen) atoms. The van der Waals surface area contributed by atoms with Gasteiger partial charge in [-0.25, -0.2) is 0 Å². The van der Waals surface area contributed by atoms with E-state index in [2.05, 4.69) is 25.7 Å². The van der Waals surface area contributed by atoms with Gasteiger partial charge in [-0.2, -0.15) is 0 Å². The smallest absolute Gasteiger partial charge is 0.222 e. The van der Waals surface area contributed by atoms with Crippen LogP contribution >= 0.6 is 0 Å². The summed E-state index contributed by atoms with van der Waals surface area (Å²) in [6.45, 7) is 9.19. The molecule has 0 spiro atoms. The van der Waals surface area contributed by atoms with Gasteiger partial charge in [0.05, 0.1) is 0 Å². The molecule has 0 bridgehead atoms. The summed E-state index contributed by atoms with van der Waals surface area (Å²) in [6.07, 6.45) is 6.47. The van der Waals surface area contributed by atoms with Crippen molar-refractivity contribution in [3.8, 4) is 0 Å². The van der Waals surface area contributed by atoms with Gasteiger partial charge in [-0.3, -0.25) is 4.79 Å². The zero-order valence-electron chi connectivity index (χ0n) is 12.4. The third kappa shape index (κ3) is 3.71. The number of nitrogens with two attached hydrogens (primary N) is 1. The molecule has 2 N–H and O–H groups in total. The molecular weight excluding hydrogens is 224 g/mol. The topological polar surface area (TPSA) is 46.3 Å². The van der Waals surface area contributed by atoms with Crippen molar-refractivity contribution in [2.24, 2.45) is 17.1 Å². The average molecular weight is 254 g/mol. The minimum absolute atomic E-state index is 0.313. The van der Waals surface area contributed by atoms with Crippen LogP contribution in [0.25, 0.3) is 0 Å². The lowest BCUT2D eigenvalue weighted by Crippen LogP contribution is -2.43. The predicted octanol–water partition coefficient (Wildman–Crippen LogP) is 2.79. The molecule has 1 fully saturated rings. The molecule has 3 heteroatoms. The van der Waals surface area contributed by atoms with Gasteiger partial charge in [-0.1, -0.05) is 40.0 Å². The lowest BCUT2D eigenvalue weighted by atomic mass is 9.74. The summed E-state index contributed by atoms with van der Waals surface area (Å²) in [5.41, 5.74) is 6.17. The normalized spacial score (nSPS) is 20.8. The minimum Gasteiger partial charge on any atom is -0.343 e. The van der Waals surface area contributed by atoms with Crippen molar-refractivity contribution in [2.45, 2.75) is 59.3 Å². The Hall–Kier alpha value is -0.570. The summed E-state index contributed by atoms with van der Waals surface area (Å²) < 4.78 is 0. The third-order valence-corrected chi connectivity index (χ3v) is 5.05. The van der Waals surface area contributed by atoms with E-state index >= 15 is 0 Å². The second-order valence-corrected chi connectivity index (χ2v) is 5.80. The number of carbonyl (C=O) groups excluding carboxylic acids is 1. The minimum atomic E-state index is 0.313. The van der Waals surface area contributed by atoms with Crippen molar-refractivity contribution < 1.29 is 4.79 Å². The molecule has 0 saturated carbocycles. The van der Waals surface area contributed by atoms with Gasteiger partial charge in [-0.15, -0.1) is 0 Å². The van der Waals surface area contributed by atoms with Crippen LogP contribution in [0.5, 0.6) is 0 Å². The maximum atomic E-state index is 12.2. The molecule has 1 aliphatic rings. The summed E-state index contributed by atoms with van der Waals surface area (Å²) >= 11 is 0. The van der Waals surface area contributed by atoms with Gasteiger partial charge in [-0.05, 0) is 30.7 Å². The third-order valence-electron chi connectivity index (χ3n) is 5.05. The van der Waals surface area contributed by atoms with Crippen LogP contribution in [0.1, 0.15) is 59.3 Å². The number of likely N-dealkylation sites (tertiary alicyclic amines) is 1. The van der Waals surface area contributed by atoms with Crippen molar-refractivity contribution >= 4 is 5.91 Å². The Morgan fingerprint density at radius 2 is 1.78 bits per heavy atom. The highest BCUT2D eigenvalue weighted by Gasteiger charge is 2.32. The number of amides is 1. The van der Waals surface area contributed by atoms with E-state index in [1.807, 2.05) is 0 Å². The van der Waals surface area contributed by atoms with E-state index in [-0.39, 0.29) is 0 Å². The molecule has 1 saturated heterocycles. The number of piperidine rings is 1. The number of rotatable bonds is 6. The fourth-order valence-electron chi connectivity index (χ4n) is 2.96. The predicted molar refractivity (Wildman–Crippen MR) is 76.3 cm³/mol. The lowest BCUT2D eigenvalue weighted by Gasteiger charge is -2.41. The van der Waals surface area contributed by atoms with Crippen molar-refractivity contribution in [3.05, 3.63) is 0 Å². The molecule has 1 atom stereocenters. The highest BCUT2D eigenvalue weighted by molar-refractivity contribution is 5.76. The van der Waals surface area contributed by atoms with E-state index in [4.69, 9.17) is 5.73 Å². The van der Waals surface area contributed by atoms with Crippen molar-refractivity contribution in [3.63, 3.8) is 0 Å². The number of carbonyl (C=O) groups is 1. The standard InChI is InChI=1S/C15H30N2O/c1-4-13(12-16)11-14(18)17-9-7-15(5-2,6-3)8-10-17/h13H,4-12,16H2,1-3H3. The molecule has 0 radical (unpaired) electrons. The van der Waals surface area contributed by atoms with E-state index < -0.39 is 0 Å². The fraction of sp³-hybridized carbons (Fsp3) is 0.933. The molecule has 1 rings (SSSR count). The van der Waals surface area contributed by atoms with Crippen LogP contribution in [0, 0.1) is 11.3 Å². The van der Waals surface area contributed by atoms with Crippen LogP contribution in [0.4, 0.5) is 0 Å². The van der Waals surface area contributed by atoms with Crippen LogP contribution in [-0.2, 0) is 4.79 Å². The van der Waals surface area contributed by atoms with Gasteiger partial charge in [0.25, 0.3) is 0 Å². The zero-order chi connectivity index (χ0) is 13.6. The number of hydrogen-bond donors (Lipinski definition) is 1. The van der Waals surface area contributed by atoms with Crippen LogP contribution in [0.15, 0.2) is 0 Å². The first-order valence-electron chi connectivity index (χ1n) is 7.58. The lowest BCUT2D eigenvalue weighted by molar-refractivity contribution is -0.134. The maximum absolute atomic E-state index is 12.2. The SMILES string of the molecule is CCC(CN)CC(=O)N1CCC(CC)(CC)CC1. The Labute approximate surface area is 112 Å². The van der Waals surface area contributed by atoms with Crippen LogP contribution in [-0.4, -0.2) is 30.4 Å². The van der Waals surface area contributed by atoms with Gasteiger partial charge in [0, 0.05) is 19.5 Å². The second kappa shape index (κ2) is 7.13. The average Bonchev–Trinajstić information content (AvgIpc) is 2.44. The zero-order valence-corrected chi connectivity index (χ0v) is 12.4. The first kappa shape index (κ1) is 15.5. The summed E-state index contributed by atoms with van der Waals surface area (Å²) in [4.78, 5) is 14.2. The molecule has 0 aromatic heterocycles. The quantitative estimate of drug-likeness (QED) is 0.792. The first-order chi connectivity index (χ1) is 8.60. The van der Waals surface area contributed by atoms with Gasteiger partial charge >= 0.3 is 0 Å². The highest BCUT2D eigenvalue weighted by Crippen LogP contribution is 2.38. The largest absolute Gasteiger partial charge is 0.343 e. The summed E-state index contributed by atoms with van der Waals surface area (Å²) in [5, 5.41) is 0. The van der Waals surface area contributed by atoms with E-state index in [1.54, 1.807) is 0 Å². The molecule has 1 aliphatic heterocycles. The molecule has 3 nitrogen and oxygen atoms in total. The maximum Gasteiger partial charge on any atom is 0.222 e. The second-order valence-electron chi connectivity index (χ2n) is 5.80. The fourth-order valence-corrected chi connectivity index (χ4v) is 2.96. The Morgan fingerprint density at radius 3 is 2.17 bits per heavy atom. The molecule has 0 aromatic carbocycles. The van der Waals surface area contributed by atoms with Crippen molar-refractivity contribution in [1.82, 2.24) is 4.90 Å². The molecule has 0 aromatic rings. The first-order valence-corrected chi connectivity index (χ1v) is 7.58. The highest BCUT2D eigenvalue weighted by atomic mass is 16.2. The summed E-state index contributed by atoms with van der Waals surface area (Å²) in [5.74, 6) is 0.676. The van der Waals surface area contributed by atoms with Crippen LogP contribution < -0.4 is 5.73 Å². The summed E-state index contributed by atoms with van der Waals surface area (Å²) in [6, 6.07) is 0.